The lowest BCUT2D eigenvalue weighted by Gasteiger charge is -2.09. The fourth-order valence-electron chi connectivity index (χ4n) is 1.97. The molecule has 0 spiro atoms. The van der Waals surface area contributed by atoms with E-state index in [0.29, 0.717) is 17.2 Å². The second-order valence-electron chi connectivity index (χ2n) is 5.01. The smallest absolute Gasteiger partial charge is 0.276 e. The number of hydrogen-bond acceptors (Lipinski definition) is 3. The Morgan fingerprint density at radius 3 is 2.40 bits per heavy atom. The molecule has 0 saturated carbocycles. The van der Waals surface area contributed by atoms with Gasteiger partial charge in [-0.2, -0.15) is 5.10 Å². The summed E-state index contributed by atoms with van der Waals surface area (Å²) in [4.78, 5) is 12.0. The quantitative estimate of drug-likeness (QED) is 0.879. The van der Waals surface area contributed by atoms with Gasteiger partial charge in [-0.05, 0) is 17.5 Å². The first kappa shape index (κ1) is 14.4. The normalized spacial score (nSPS) is 10.8. The second-order valence-corrected chi connectivity index (χ2v) is 5.45. The fourth-order valence-corrected chi connectivity index (χ4v) is 2.11. The molecule has 4 nitrogen and oxygen atoms in total. The van der Waals surface area contributed by atoms with Crippen LogP contribution >= 0.6 is 12.2 Å². The molecule has 1 aromatic carbocycles. The van der Waals surface area contributed by atoms with E-state index >= 15 is 0 Å². The Balaban J connectivity index is 2.53. The third-order valence-corrected chi connectivity index (χ3v) is 3.42. The number of aryl methyl sites for hydroxylation is 1. The molecule has 0 fully saturated rings. The minimum absolute atomic E-state index is 0.0908. The van der Waals surface area contributed by atoms with Crippen molar-refractivity contribution in [3.8, 4) is 11.3 Å². The van der Waals surface area contributed by atoms with Crippen LogP contribution in [-0.4, -0.2) is 14.8 Å². The van der Waals surface area contributed by atoms with Crippen molar-refractivity contribution in [2.75, 3.05) is 0 Å². The van der Waals surface area contributed by atoms with Gasteiger partial charge in [0.2, 0.25) is 0 Å². The molecule has 104 valence electrons. The highest BCUT2D eigenvalue weighted by atomic mass is 32.1. The van der Waals surface area contributed by atoms with Crippen LogP contribution in [0.3, 0.4) is 0 Å². The number of thiocarbonyl (C=S) groups is 1. The highest BCUT2D eigenvalue weighted by molar-refractivity contribution is 7.80. The maximum Gasteiger partial charge on any atom is 0.276 e. The summed E-state index contributed by atoms with van der Waals surface area (Å²) in [5.41, 5.74) is 8.50. The summed E-state index contributed by atoms with van der Waals surface area (Å²) in [6, 6.07) is 9.76. The summed E-state index contributed by atoms with van der Waals surface area (Å²) in [5.74, 6) is 0.476. The molecule has 2 N–H and O–H groups in total. The van der Waals surface area contributed by atoms with Crippen molar-refractivity contribution in [3.63, 3.8) is 0 Å². The maximum absolute atomic E-state index is 11.9. The Morgan fingerprint density at radius 1 is 1.30 bits per heavy atom. The molecule has 1 aromatic heterocycles. The van der Waals surface area contributed by atoms with Gasteiger partial charge in [-0.15, -0.1) is 0 Å². The summed E-state index contributed by atoms with van der Waals surface area (Å²) in [6.45, 7) is 4.29. The molecule has 5 heteroatoms. The number of nitrogens with two attached hydrogens (primary N) is 1. The third kappa shape index (κ3) is 2.77. The Labute approximate surface area is 123 Å². The van der Waals surface area contributed by atoms with Crippen molar-refractivity contribution in [2.45, 2.75) is 19.8 Å². The predicted molar refractivity (Wildman–Crippen MR) is 84.9 cm³/mol. The molecule has 0 unspecified atom stereocenters. The Kier molecular flexibility index (Phi) is 3.99. The lowest BCUT2D eigenvalue weighted by Crippen LogP contribution is -2.29. The summed E-state index contributed by atoms with van der Waals surface area (Å²) in [5, 5.41) is 4.25. The van der Waals surface area contributed by atoms with Crippen LogP contribution in [0.25, 0.3) is 11.3 Å². The molecule has 0 aliphatic rings. The lowest BCUT2D eigenvalue weighted by atomic mass is 10.0. The molecule has 1 heterocycles. The zero-order valence-corrected chi connectivity index (χ0v) is 12.6. The van der Waals surface area contributed by atoms with Gasteiger partial charge in [0.05, 0.1) is 11.3 Å². The first-order valence-corrected chi connectivity index (χ1v) is 6.79. The van der Waals surface area contributed by atoms with E-state index < -0.39 is 0 Å². The highest BCUT2D eigenvalue weighted by Gasteiger charge is 2.10. The van der Waals surface area contributed by atoms with Crippen LogP contribution in [0.1, 0.15) is 30.9 Å². The van der Waals surface area contributed by atoms with Crippen molar-refractivity contribution in [2.24, 2.45) is 12.8 Å². The van der Waals surface area contributed by atoms with E-state index in [4.69, 9.17) is 18.0 Å². The van der Waals surface area contributed by atoms with Gasteiger partial charge < -0.3 is 5.73 Å². The maximum atomic E-state index is 11.9. The van der Waals surface area contributed by atoms with Crippen LogP contribution in [-0.2, 0) is 7.05 Å². The molecule has 0 aliphatic carbocycles. The number of aromatic nitrogens is 2. The zero-order chi connectivity index (χ0) is 14.9. The lowest BCUT2D eigenvalue weighted by molar-refractivity contribution is 0.710. The SMILES string of the molecule is CC(C)c1ccc(-c2cc(C(N)=S)c(=O)n(C)n2)cc1. The van der Waals surface area contributed by atoms with E-state index in [9.17, 15) is 4.79 Å². The van der Waals surface area contributed by atoms with Gasteiger partial charge in [0.1, 0.15) is 4.99 Å². The topological polar surface area (TPSA) is 60.9 Å². The van der Waals surface area contributed by atoms with E-state index in [2.05, 4.69) is 31.1 Å². The fraction of sp³-hybridized carbons (Fsp3) is 0.267. The van der Waals surface area contributed by atoms with Crippen molar-refractivity contribution in [1.29, 1.82) is 0 Å². The van der Waals surface area contributed by atoms with E-state index in [0.717, 1.165) is 5.56 Å². The summed E-state index contributed by atoms with van der Waals surface area (Å²) in [6.07, 6.45) is 0. The van der Waals surface area contributed by atoms with Gasteiger partial charge in [-0.3, -0.25) is 4.79 Å². The largest absolute Gasteiger partial charge is 0.389 e. The first-order chi connectivity index (χ1) is 9.40. The number of nitrogens with zero attached hydrogens (tertiary/aromatic N) is 2. The molecule has 2 rings (SSSR count). The van der Waals surface area contributed by atoms with E-state index in [1.165, 1.54) is 10.2 Å². The van der Waals surface area contributed by atoms with Crippen LogP contribution in [0, 0.1) is 0 Å². The summed E-state index contributed by atoms with van der Waals surface area (Å²) in [7, 11) is 1.59. The van der Waals surface area contributed by atoms with Crippen LogP contribution in [0.5, 0.6) is 0 Å². The van der Waals surface area contributed by atoms with Crippen LogP contribution in [0.2, 0.25) is 0 Å². The molecule has 20 heavy (non-hydrogen) atoms. The average molecular weight is 287 g/mol. The molecule has 0 aliphatic heterocycles. The van der Waals surface area contributed by atoms with E-state index in [1.807, 2.05) is 12.1 Å². The second kappa shape index (κ2) is 5.54. The van der Waals surface area contributed by atoms with E-state index in [1.54, 1.807) is 13.1 Å². The van der Waals surface area contributed by atoms with Crippen molar-refractivity contribution in [1.82, 2.24) is 9.78 Å². The molecular weight excluding hydrogens is 270 g/mol. The molecule has 0 bridgehead atoms. The molecule has 0 radical (unpaired) electrons. The van der Waals surface area contributed by atoms with Gasteiger partial charge >= 0.3 is 0 Å². The molecule has 0 saturated heterocycles. The minimum Gasteiger partial charge on any atom is -0.389 e. The molecule has 2 aromatic rings. The van der Waals surface area contributed by atoms with Crippen molar-refractivity contribution < 1.29 is 0 Å². The van der Waals surface area contributed by atoms with Gasteiger partial charge in [0.25, 0.3) is 5.56 Å². The van der Waals surface area contributed by atoms with Crippen molar-refractivity contribution in [3.05, 3.63) is 51.8 Å². The molecule has 0 amide bonds. The average Bonchev–Trinajstić information content (AvgIpc) is 2.41. The van der Waals surface area contributed by atoms with Gasteiger partial charge in [0.15, 0.2) is 0 Å². The highest BCUT2D eigenvalue weighted by Crippen LogP contribution is 2.21. The number of benzene rings is 1. The number of rotatable bonds is 3. The number of hydrogen-bond donors (Lipinski definition) is 1. The standard InChI is InChI=1S/C15H17N3OS/c1-9(2)10-4-6-11(7-5-10)13-8-12(14(16)20)15(19)18(3)17-13/h4-9H,1-3H3,(H2,16,20). The minimum atomic E-state index is -0.278. The molecule has 0 atom stereocenters. The van der Waals surface area contributed by atoms with Gasteiger partial charge in [-0.1, -0.05) is 50.3 Å². The van der Waals surface area contributed by atoms with Crippen LogP contribution < -0.4 is 11.3 Å². The van der Waals surface area contributed by atoms with Gasteiger partial charge in [-0.25, -0.2) is 4.68 Å². The van der Waals surface area contributed by atoms with Gasteiger partial charge in [0, 0.05) is 12.6 Å². The monoisotopic (exact) mass is 287 g/mol. The Hall–Kier alpha value is -2.01. The first-order valence-electron chi connectivity index (χ1n) is 6.38. The summed E-state index contributed by atoms with van der Waals surface area (Å²) < 4.78 is 1.26. The molecular formula is C15H17N3OS. The predicted octanol–water partition coefficient (Wildman–Crippen LogP) is 2.20. The third-order valence-electron chi connectivity index (χ3n) is 3.20. The Bertz CT molecular complexity index is 702. The van der Waals surface area contributed by atoms with Crippen LogP contribution in [0.15, 0.2) is 35.1 Å². The Morgan fingerprint density at radius 2 is 1.90 bits per heavy atom. The van der Waals surface area contributed by atoms with Crippen LogP contribution in [0.4, 0.5) is 0 Å². The van der Waals surface area contributed by atoms with E-state index in [-0.39, 0.29) is 10.5 Å². The zero-order valence-electron chi connectivity index (χ0n) is 11.8. The van der Waals surface area contributed by atoms with Crippen molar-refractivity contribution >= 4 is 17.2 Å². The summed E-state index contributed by atoms with van der Waals surface area (Å²) >= 11 is 4.91.